The SMILES string of the molecule is Cc1c(C(=O)Nc2ccccc2)cnn1-c1ccc2ccccc2n1. The van der Waals surface area contributed by atoms with Crippen LogP contribution in [0.3, 0.4) is 0 Å². The van der Waals surface area contributed by atoms with E-state index in [2.05, 4.69) is 15.4 Å². The number of hydrogen-bond donors (Lipinski definition) is 1. The second kappa shape index (κ2) is 6.20. The van der Waals surface area contributed by atoms with Gasteiger partial charge in [-0.25, -0.2) is 9.67 Å². The molecule has 0 bridgehead atoms. The summed E-state index contributed by atoms with van der Waals surface area (Å²) in [7, 11) is 0. The number of pyridine rings is 1. The minimum Gasteiger partial charge on any atom is -0.322 e. The Kier molecular flexibility index (Phi) is 3.74. The number of aromatic nitrogens is 3. The molecule has 0 atom stereocenters. The Morgan fingerprint density at radius 3 is 2.56 bits per heavy atom. The van der Waals surface area contributed by atoms with E-state index in [4.69, 9.17) is 0 Å². The molecule has 1 N–H and O–H groups in total. The third kappa shape index (κ3) is 2.87. The molecule has 0 radical (unpaired) electrons. The summed E-state index contributed by atoms with van der Waals surface area (Å²) >= 11 is 0. The van der Waals surface area contributed by atoms with Crippen LogP contribution in [0.1, 0.15) is 16.1 Å². The lowest BCUT2D eigenvalue weighted by molar-refractivity contribution is 0.102. The topological polar surface area (TPSA) is 59.8 Å². The summed E-state index contributed by atoms with van der Waals surface area (Å²) in [5.41, 5.74) is 2.92. The molecule has 0 fully saturated rings. The van der Waals surface area contributed by atoms with Crippen molar-refractivity contribution >= 4 is 22.5 Å². The highest BCUT2D eigenvalue weighted by atomic mass is 16.1. The number of rotatable bonds is 3. The van der Waals surface area contributed by atoms with Gasteiger partial charge in [-0.3, -0.25) is 4.79 Å². The number of carbonyl (C=O) groups excluding carboxylic acids is 1. The van der Waals surface area contributed by atoms with Gasteiger partial charge >= 0.3 is 0 Å². The Morgan fingerprint density at radius 1 is 0.960 bits per heavy atom. The van der Waals surface area contributed by atoms with E-state index in [9.17, 15) is 4.79 Å². The van der Waals surface area contributed by atoms with Gasteiger partial charge in [-0.05, 0) is 37.3 Å². The van der Waals surface area contributed by atoms with Crippen LogP contribution in [0.2, 0.25) is 0 Å². The quantitative estimate of drug-likeness (QED) is 0.619. The van der Waals surface area contributed by atoms with Gasteiger partial charge < -0.3 is 5.32 Å². The minimum absolute atomic E-state index is 0.185. The lowest BCUT2D eigenvalue weighted by Gasteiger charge is -2.07. The zero-order valence-corrected chi connectivity index (χ0v) is 13.7. The number of para-hydroxylation sites is 2. The monoisotopic (exact) mass is 328 g/mol. The third-order valence-electron chi connectivity index (χ3n) is 4.09. The molecule has 5 heteroatoms. The van der Waals surface area contributed by atoms with Crippen molar-refractivity contribution in [2.45, 2.75) is 6.92 Å². The van der Waals surface area contributed by atoms with Crippen molar-refractivity contribution in [3.63, 3.8) is 0 Å². The molecule has 2 aromatic carbocycles. The van der Waals surface area contributed by atoms with E-state index in [-0.39, 0.29) is 5.91 Å². The van der Waals surface area contributed by atoms with E-state index in [1.54, 1.807) is 10.9 Å². The molecule has 4 rings (SSSR count). The highest BCUT2D eigenvalue weighted by Crippen LogP contribution is 2.18. The van der Waals surface area contributed by atoms with E-state index in [1.807, 2.05) is 73.7 Å². The van der Waals surface area contributed by atoms with Crippen LogP contribution in [0.5, 0.6) is 0 Å². The van der Waals surface area contributed by atoms with E-state index >= 15 is 0 Å². The Hall–Kier alpha value is -3.47. The number of nitrogens with one attached hydrogen (secondary N) is 1. The van der Waals surface area contributed by atoms with Gasteiger partial charge in [0, 0.05) is 11.1 Å². The summed E-state index contributed by atoms with van der Waals surface area (Å²) in [6.07, 6.45) is 1.57. The number of carbonyl (C=O) groups is 1. The molecular formula is C20H16N4O. The Balaban J connectivity index is 1.67. The van der Waals surface area contributed by atoms with Crippen molar-refractivity contribution in [1.29, 1.82) is 0 Å². The van der Waals surface area contributed by atoms with Crippen molar-refractivity contribution in [2.24, 2.45) is 0 Å². The molecule has 2 heterocycles. The minimum atomic E-state index is -0.185. The van der Waals surface area contributed by atoms with Gasteiger partial charge in [-0.15, -0.1) is 0 Å². The van der Waals surface area contributed by atoms with Gasteiger partial charge in [0.1, 0.15) is 0 Å². The fourth-order valence-electron chi connectivity index (χ4n) is 2.76. The van der Waals surface area contributed by atoms with E-state index in [1.165, 1.54) is 0 Å². The largest absolute Gasteiger partial charge is 0.322 e. The van der Waals surface area contributed by atoms with Crippen LogP contribution >= 0.6 is 0 Å². The highest BCUT2D eigenvalue weighted by Gasteiger charge is 2.16. The predicted octanol–water partition coefficient (Wildman–Crippen LogP) is 3.98. The van der Waals surface area contributed by atoms with E-state index < -0.39 is 0 Å². The van der Waals surface area contributed by atoms with Gasteiger partial charge in [0.05, 0.1) is 23.0 Å². The van der Waals surface area contributed by atoms with Crippen molar-refractivity contribution < 1.29 is 4.79 Å². The molecule has 4 aromatic rings. The maximum absolute atomic E-state index is 12.5. The molecule has 1 amide bonds. The number of benzene rings is 2. The van der Waals surface area contributed by atoms with Crippen molar-refractivity contribution in [3.8, 4) is 5.82 Å². The fraction of sp³-hybridized carbons (Fsp3) is 0.0500. The van der Waals surface area contributed by atoms with Gasteiger partial charge in [-0.2, -0.15) is 5.10 Å². The highest BCUT2D eigenvalue weighted by molar-refractivity contribution is 6.04. The average Bonchev–Trinajstić information content (AvgIpc) is 3.04. The molecule has 0 spiro atoms. The summed E-state index contributed by atoms with van der Waals surface area (Å²) in [6, 6.07) is 21.2. The molecule has 0 saturated carbocycles. The van der Waals surface area contributed by atoms with Gasteiger partial charge in [0.2, 0.25) is 0 Å². The normalized spacial score (nSPS) is 10.8. The fourth-order valence-corrected chi connectivity index (χ4v) is 2.76. The second-order valence-corrected chi connectivity index (χ2v) is 5.74. The van der Waals surface area contributed by atoms with Crippen LogP contribution in [0.4, 0.5) is 5.69 Å². The van der Waals surface area contributed by atoms with Crippen LogP contribution in [0.25, 0.3) is 16.7 Å². The number of nitrogens with zero attached hydrogens (tertiary/aromatic N) is 3. The maximum atomic E-state index is 12.5. The van der Waals surface area contributed by atoms with Crippen molar-refractivity contribution in [3.05, 3.63) is 84.2 Å². The number of amides is 1. The standard InChI is InChI=1S/C20H16N4O/c1-14-17(20(25)22-16-8-3-2-4-9-16)13-21-24(14)19-12-11-15-7-5-6-10-18(15)23-19/h2-13H,1H3,(H,22,25). The first-order valence-electron chi connectivity index (χ1n) is 7.99. The molecule has 0 unspecified atom stereocenters. The predicted molar refractivity (Wildman–Crippen MR) is 98.0 cm³/mol. The van der Waals surface area contributed by atoms with Gasteiger partial charge in [0.15, 0.2) is 5.82 Å². The Labute approximate surface area is 144 Å². The molecule has 0 aliphatic rings. The van der Waals surface area contributed by atoms with Crippen LogP contribution in [0, 0.1) is 6.92 Å². The lowest BCUT2D eigenvalue weighted by Crippen LogP contribution is -2.13. The molecule has 25 heavy (non-hydrogen) atoms. The number of anilines is 1. The van der Waals surface area contributed by atoms with E-state index in [0.717, 1.165) is 22.3 Å². The van der Waals surface area contributed by atoms with Gasteiger partial charge in [-0.1, -0.05) is 36.4 Å². The van der Waals surface area contributed by atoms with Crippen molar-refractivity contribution in [1.82, 2.24) is 14.8 Å². The molecule has 2 aromatic heterocycles. The zero-order valence-electron chi connectivity index (χ0n) is 13.7. The van der Waals surface area contributed by atoms with Crippen LogP contribution < -0.4 is 5.32 Å². The summed E-state index contributed by atoms with van der Waals surface area (Å²) in [4.78, 5) is 17.1. The van der Waals surface area contributed by atoms with Crippen LogP contribution in [0.15, 0.2) is 72.9 Å². The third-order valence-corrected chi connectivity index (χ3v) is 4.09. The Morgan fingerprint density at radius 2 is 1.72 bits per heavy atom. The van der Waals surface area contributed by atoms with Crippen molar-refractivity contribution in [2.75, 3.05) is 5.32 Å². The molecule has 0 aliphatic carbocycles. The molecule has 122 valence electrons. The first-order valence-corrected chi connectivity index (χ1v) is 7.99. The molecule has 0 saturated heterocycles. The maximum Gasteiger partial charge on any atom is 0.259 e. The van der Waals surface area contributed by atoms with Gasteiger partial charge in [0.25, 0.3) is 5.91 Å². The number of hydrogen-bond acceptors (Lipinski definition) is 3. The average molecular weight is 328 g/mol. The van der Waals surface area contributed by atoms with Crippen LogP contribution in [-0.2, 0) is 0 Å². The molecule has 5 nitrogen and oxygen atoms in total. The molecule has 0 aliphatic heterocycles. The summed E-state index contributed by atoms with van der Waals surface area (Å²) in [5.74, 6) is 0.505. The summed E-state index contributed by atoms with van der Waals surface area (Å²) in [6.45, 7) is 1.86. The Bertz CT molecular complexity index is 1050. The summed E-state index contributed by atoms with van der Waals surface area (Å²) < 4.78 is 1.69. The smallest absolute Gasteiger partial charge is 0.259 e. The van der Waals surface area contributed by atoms with E-state index in [0.29, 0.717) is 11.4 Å². The lowest BCUT2D eigenvalue weighted by atomic mass is 10.2. The number of fused-ring (bicyclic) bond motifs is 1. The van der Waals surface area contributed by atoms with Crippen LogP contribution in [-0.4, -0.2) is 20.7 Å². The summed E-state index contributed by atoms with van der Waals surface area (Å²) in [5, 5.41) is 8.30. The molecular weight excluding hydrogens is 312 g/mol. The first kappa shape index (κ1) is 15.1. The zero-order chi connectivity index (χ0) is 17.2. The first-order chi connectivity index (χ1) is 12.2. The second-order valence-electron chi connectivity index (χ2n) is 5.74.